The summed E-state index contributed by atoms with van der Waals surface area (Å²) in [5.41, 5.74) is 1.93. The minimum atomic E-state index is -0.0126. The highest BCUT2D eigenvalue weighted by molar-refractivity contribution is 7.99. The Balaban J connectivity index is 1.50. The second kappa shape index (κ2) is 9.24. The molecule has 1 unspecified atom stereocenters. The topological polar surface area (TPSA) is 37.4 Å². The van der Waals surface area contributed by atoms with Crippen molar-refractivity contribution in [3.63, 3.8) is 0 Å². The Hall–Kier alpha value is -1.78. The third kappa shape index (κ3) is 5.12. The predicted molar refractivity (Wildman–Crippen MR) is 108 cm³/mol. The highest BCUT2D eigenvalue weighted by Crippen LogP contribution is 2.34. The molecule has 0 spiro atoms. The molecular weight excluding hydrogens is 366 g/mol. The van der Waals surface area contributed by atoms with Gasteiger partial charge in [-0.3, -0.25) is 9.59 Å². The van der Waals surface area contributed by atoms with Crippen molar-refractivity contribution in [2.75, 3.05) is 18.8 Å². The molecule has 1 atom stereocenters. The van der Waals surface area contributed by atoms with Crippen molar-refractivity contribution in [3.05, 3.63) is 70.7 Å². The third-order valence-electron chi connectivity index (χ3n) is 4.60. The maximum Gasteiger partial charge on any atom is 0.223 e. The van der Waals surface area contributed by atoms with Crippen LogP contribution < -0.4 is 0 Å². The molecule has 1 fully saturated rings. The summed E-state index contributed by atoms with van der Waals surface area (Å²) in [5, 5.41) is 1.04. The van der Waals surface area contributed by atoms with E-state index in [2.05, 4.69) is 24.3 Å². The Morgan fingerprint density at radius 3 is 2.46 bits per heavy atom. The van der Waals surface area contributed by atoms with E-state index in [1.165, 1.54) is 5.56 Å². The van der Waals surface area contributed by atoms with Crippen LogP contribution in [0.25, 0.3) is 0 Å². The standard InChI is InChI=1S/C21H22ClNO2S/c22-18-8-6-16(7-9-18)19(24)10-11-21(25)23-13-12-20(26-15-14-23)17-4-2-1-3-5-17/h1-9,20H,10-15H2. The van der Waals surface area contributed by atoms with E-state index in [0.717, 1.165) is 25.3 Å². The smallest absolute Gasteiger partial charge is 0.223 e. The van der Waals surface area contributed by atoms with Crippen molar-refractivity contribution in [2.45, 2.75) is 24.5 Å². The summed E-state index contributed by atoms with van der Waals surface area (Å²) in [4.78, 5) is 26.7. The number of nitrogens with zero attached hydrogens (tertiary/aromatic N) is 1. The average Bonchev–Trinajstić information content (AvgIpc) is 2.93. The lowest BCUT2D eigenvalue weighted by molar-refractivity contribution is -0.130. The number of Topliss-reactive ketones (excluding diaryl/α,β-unsaturated/α-hetero) is 1. The van der Waals surface area contributed by atoms with Gasteiger partial charge in [0.05, 0.1) is 0 Å². The Labute approximate surface area is 163 Å². The number of thioether (sulfide) groups is 1. The Morgan fingerprint density at radius 2 is 1.73 bits per heavy atom. The van der Waals surface area contributed by atoms with Gasteiger partial charge in [-0.25, -0.2) is 0 Å². The molecule has 0 saturated carbocycles. The van der Waals surface area contributed by atoms with E-state index in [-0.39, 0.29) is 24.5 Å². The first-order valence-electron chi connectivity index (χ1n) is 8.86. The quantitative estimate of drug-likeness (QED) is 0.677. The minimum absolute atomic E-state index is 0.0126. The number of carbonyl (C=O) groups excluding carboxylic acids is 2. The van der Waals surface area contributed by atoms with Gasteiger partial charge < -0.3 is 4.90 Å². The maximum atomic E-state index is 12.5. The summed E-state index contributed by atoms with van der Waals surface area (Å²) < 4.78 is 0. The number of hydrogen-bond donors (Lipinski definition) is 0. The normalized spacial score (nSPS) is 17.6. The summed E-state index contributed by atoms with van der Waals surface area (Å²) in [5.74, 6) is 0.985. The van der Waals surface area contributed by atoms with Crippen LogP contribution in [-0.4, -0.2) is 35.4 Å². The summed E-state index contributed by atoms with van der Waals surface area (Å²) in [6.45, 7) is 1.50. The molecule has 2 aromatic carbocycles. The van der Waals surface area contributed by atoms with Crippen LogP contribution in [0.5, 0.6) is 0 Å². The molecule has 1 aliphatic heterocycles. The largest absolute Gasteiger partial charge is 0.342 e. The molecule has 136 valence electrons. The van der Waals surface area contributed by atoms with Crippen LogP contribution in [-0.2, 0) is 4.79 Å². The summed E-state index contributed by atoms with van der Waals surface area (Å²) >= 11 is 7.75. The lowest BCUT2D eigenvalue weighted by Crippen LogP contribution is -2.33. The number of benzene rings is 2. The predicted octanol–water partition coefficient (Wildman–Crippen LogP) is 5.01. The Morgan fingerprint density at radius 1 is 1.00 bits per heavy atom. The van der Waals surface area contributed by atoms with Crippen molar-refractivity contribution in [2.24, 2.45) is 0 Å². The fourth-order valence-electron chi connectivity index (χ4n) is 3.11. The molecule has 1 heterocycles. The SMILES string of the molecule is O=C(CCC(=O)N1CCSC(c2ccccc2)CC1)c1ccc(Cl)cc1. The molecule has 0 radical (unpaired) electrons. The zero-order valence-corrected chi connectivity index (χ0v) is 16.1. The van der Waals surface area contributed by atoms with Crippen LogP contribution in [0.3, 0.4) is 0 Å². The average molecular weight is 388 g/mol. The molecular formula is C21H22ClNO2S. The van der Waals surface area contributed by atoms with E-state index in [0.29, 0.717) is 15.8 Å². The molecule has 1 aliphatic rings. The van der Waals surface area contributed by atoms with Gasteiger partial charge in [-0.1, -0.05) is 41.9 Å². The van der Waals surface area contributed by atoms with E-state index in [9.17, 15) is 9.59 Å². The van der Waals surface area contributed by atoms with Crippen LogP contribution >= 0.6 is 23.4 Å². The van der Waals surface area contributed by atoms with Crippen molar-refractivity contribution in [3.8, 4) is 0 Å². The molecule has 3 nitrogen and oxygen atoms in total. The van der Waals surface area contributed by atoms with Crippen LogP contribution in [0.2, 0.25) is 5.02 Å². The second-order valence-corrected chi connectivity index (χ2v) is 8.12. The molecule has 5 heteroatoms. The summed E-state index contributed by atoms with van der Waals surface area (Å²) in [6, 6.07) is 17.3. The van der Waals surface area contributed by atoms with Gasteiger partial charge in [0.25, 0.3) is 0 Å². The van der Waals surface area contributed by atoms with Crippen molar-refractivity contribution < 1.29 is 9.59 Å². The van der Waals surface area contributed by atoms with E-state index >= 15 is 0 Å². The summed E-state index contributed by atoms with van der Waals surface area (Å²) in [7, 11) is 0. The van der Waals surface area contributed by atoms with Gasteiger partial charge >= 0.3 is 0 Å². The minimum Gasteiger partial charge on any atom is -0.342 e. The summed E-state index contributed by atoms with van der Waals surface area (Å²) in [6.07, 6.45) is 1.46. The molecule has 1 amide bonds. The molecule has 3 rings (SSSR count). The van der Waals surface area contributed by atoms with Crippen molar-refractivity contribution in [1.29, 1.82) is 0 Å². The molecule has 0 N–H and O–H groups in total. The van der Waals surface area contributed by atoms with Crippen LogP contribution in [0.15, 0.2) is 54.6 Å². The zero-order valence-electron chi connectivity index (χ0n) is 14.6. The van der Waals surface area contributed by atoms with Crippen LogP contribution in [0.1, 0.15) is 40.4 Å². The van der Waals surface area contributed by atoms with Gasteiger partial charge in [-0.15, -0.1) is 0 Å². The number of hydrogen-bond acceptors (Lipinski definition) is 3. The molecule has 0 aromatic heterocycles. The molecule has 2 aromatic rings. The van der Waals surface area contributed by atoms with Crippen molar-refractivity contribution >= 4 is 35.1 Å². The monoisotopic (exact) mass is 387 g/mol. The number of amides is 1. The number of carbonyl (C=O) groups is 2. The highest BCUT2D eigenvalue weighted by Gasteiger charge is 2.22. The van der Waals surface area contributed by atoms with Gasteiger partial charge in [0.15, 0.2) is 5.78 Å². The van der Waals surface area contributed by atoms with Crippen LogP contribution in [0.4, 0.5) is 0 Å². The lowest BCUT2D eigenvalue weighted by atomic mass is 10.1. The molecule has 1 saturated heterocycles. The first-order valence-corrected chi connectivity index (χ1v) is 10.3. The van der Waals surface area contributed by atoms with Gasteiger partial charge in [0.2, 0.25) is 5.91 Å². The Bertz CT molecular complexity index is 748. The fourth-order valence-corrected chi connectivity index (χ4v) is 4.47. The number of halogens is 1. The molecule has 0 bridgehead atoms. The number of ketones is 1. The first kappa shape index (κ1) is 19.0. The fraction of sp³-hybridized carbons (Fsp3) is 0.333. The molecule has 26 heavy (non-hydrogen) atoms. The van der Waals surface area contributed by atoms with Gasteiger partial charge in [-0.05, 0) is 36.2 Å². The van der Waals surface area contributed by atoms with E-state index in [4.69, 9.17) is 11.6 Å². The third-order valence-corrected chi connectivity index (χ3v) is 6.18. The lowest BCUT2D eigenvalue weighted by Gasteiger charge is -2.20. The zero-order chi connectivity index (χ0) is 18.4. The van der Waals surface area contributed by atoms with Gasteiger partial charge in [0.1, 0.15) is 0 Å². The highest BCUT2D eigenvalue weighted by atomic mass is 35.5. The van der Waals surface area contributed by atoms with Gasteiger partial charge in [-0.2, -0.15) is 11.8 Å². The van der Waals surface area contributed by atoms with Gasteiger partial charge in [0, 0.05) is 47.5 Å². The maximum absolute atomic E-state index is 12.5. The Kier molecular flexibility index (Phi) is 6.75. The first-order chi connectivity index (χ1) is 12.6. The van der Waals surface area contributed by atoms with E-state index in [1.807, 2.05) is 22.7 Å². The molecule has 0 aliphatic carbocycles. The number of rotatable bonds is 5. The second-order valence-electron chi connectivity index (χ2n) is 6.37. The van der Waals surface area contributed by atoms with Crippen molar-refractivity contribution in [1.82, 2.24) is 4.90 Å². The van der Waals surface area contributed by atoms with E-state index in [1.54, 1.807) is 24.3 Å². The van der Waals surface area contributed by atoms with E-state index < -0.39 is 0 Å². The van der Waals surface area contributed by atoms with Crippen LogP contribution in [0, 0.1) is 0 Å².